The van der Waals surface area contributed by atoms with Gasteiger partial charge >= 0.3 is 0 Å². The molecule has 0 bridgehead atoms. The molecule has 2 aliphatic heterocycles. The molecule has 1 saturated carbocycles. The lowest BCUT2D eigenvalue weighted by Crippen LogP contribution is -2.50. The standard InChI is InChI=1S/C22H29N3O2/c23-16-5-3-4-15(14-16)21(26)25-11-9-22(10-12-25)20-18(8-13-27-22)17-6-1-2-7-19(17)24-20/h1-2,6-7,15-16,24H,3-5,8-14,23H2/t15-,16+/m1/s1. The number of aromatic nitrogens is 1. The second kappa shape index (κ2) is 6.64. The van der Waals surface area contributed by atoms with Crippen molar-refractivity contribution in [2.24, 2.45) is 11.7 Å². The number of ether oxygens (including phenoxy) is 1. The number of piperidine rings is 1. The smallest absolute Gasteiger partial charge is 0.225 e. The number of likely N-dealkylation sites (tertiary alicyclic amines) is 1. The minimum atomic E-state index is -0.258. The van der Waals surface area contributed by atoms with E-state index in [2.05, 4.69) is 34.1 Å². The first-order chi connectivity index (χ1) is 13.2. The number of nitrogens with one attached hydrogen (secondary N) is 1. The van der Waals surface area contributed by atoms with Gasteiger partial charge in [0.15, 0.2) is 0 Å². The van der Waals surface area contributed by atoms with E-state index in [1.54, 1.807) is 0 Å². The number of para-hydroxylation sites is 1. The number of nitrogens with zero attached hydrogens (tertiary/aromatic N) is 1. The summed E-state index contributed by atoms with van der Waals surface area (Å²) in [5, 5.41) is 1.32. The number of H-pyrrole nitrogens is 1. The molecule has 0 unspecified atom stereocenters. The van der Waals surface area contributed by atoms with Gasteiger partial charge in [-0.15, -0.1) is 0 Å². The average molecular weight is 367 g/mol. The summed E-state index contributed by atoms with van der Waals surface area (Å²) in [4.78, 5) is 18.7. The van der Waals surface area contributed by atoms with Crippen molar-refractivity contribution in [2.45, 2.75) is 56.6 Å². The molecule has 5 heteroatoms. The van der Waals surface area contributed by atoms with Gasteiger partial charge in [-0.3, -0.25) is 4.79 Å². The molecule has 1 amide bonds. The Hall–Kier alpha value is -1.85. The molecule has 2 atom stereocenters. The third-order valence-corrected chi connectivity index (χ3v) is 6.95. The summed E-state index contributed by atoms with van der Waals surface area (Å²) in [7, 11) is 0. The second-order valence-electron chi connectivity index (χ2n) is 8.57. The maximum atomic E-state index is 13.0. The zero-order valence-electron chi connectivity index (χ0n) is 15.9. The molecule has 3 N–H and O–H groups in total. The van der Waals surface area contributed by atoms with Crippen molar-refractivity contribution >= 4 is 16.8 Å². The van der Waals surface area contributed by atoms with E-state index in [1.165, 1.54) is 22.2 Å². The molecule has 5 nitrogen and oxygen atoms in total. The van der Waals surface area contributed by atoms with Crippen LogP contribution < -0.4 is 5.73 Å². The van der Waals surface area contributed by atoms with Crippen LogP contribution in [-0.2, 0) is 21.6 Å². The Balaban J connectivity index is 1.35. The number of carbonyl (C=O) groups excluding carboxylic acids is 1. The molecule has 1 spiro atoms. The number of rotatable bonds is 1. The molecule has 3 heterocycles. The number of nitrogens with two attached hydrogens (primary N) is 1. The summed E-state index contributed by atoms with van der Waals surface area (Å²) in [6.07, 6.45) is 6.69. The van der Waals surface area contributed by atoms with Gasteiger partial charge in [0.1, 0.15) is 5.60 Å². The van der Waals surface area contributed by atoms with Gasteiger partial charge in [0.25, 0.3) is 0 Å². The van der Waals surface area contributed by atoms with E-state index in [-0.39, 0.29) is 17.6 Å². The van der Waals surface area contributed by atoms with Crippen LogP contribution in [0.4, 0.5) is 0 Å². The highest BCUT2D eigenvalue weighted by molar-refractivity contribution is 5.85. The molecule has 0 radical (unpaired) electrons. The molecule has 5 rings (SSSR count). The van der Waals surface area contributed by atoms with E-state index in [4.69, 9.17) is 10.5 Å². The lowest BCUT2D eigenvalue weighted by atomic mass is 9.81. The van der Waals surface area contributed by atoms with E-state index >= 15 is 0 Å². The molecule has 3 aliphatic rings. The maximum Gasteiger partial charge on any atom is 0.225 e. The monoisotopic (exact) mass is 367 g/mol. The van der Waals surface area contributed by atoms with Crippen molar-refractivity contribution in [3.05, 3.63) is 35.5 Å². The van der Waals surface area contributed by atoms with Crippen molar-refractivity contribution < 1.29 is 9.53 Å². The lowest BCUT2D eigenvalue weighted by molar-refractivity contribution is -0.146. The Bertz CT molecular complexity index is 850. The summed E-state index contributed by atoms with van der Waals surface area (Å²) < 4.78 is 6.36. The van der Waals surface area contributed by atoms with Crippen LogP contribution in [0.25, 0.3) is 10.9 Å². The summed E-state index contributed by atoms with van der Waals surface area (Å²) in [6.45, 7) is 2.32. The Morgan fingerprint density at radius 1 is 1.22 bits per heavy atom. The first-order valence-corrected chi connectivity index (χ1v) is 10.4. The number of carbonyl (C=O) groups is 1. The number of amides is 1. The summed E-state index contributed by atoms with van der Waals surface area (Å²) in [5.41, 5.74) is 9.70. The highest BCUT2D eigenvalue weighted by Crippen LogP contribution is 2.43. The lowest BCUT2D eigenvalue weighted by Gasteiger charge is -2.44. The zero-order chi connectivity index (χ0) is 18.4. The van der Waals surface area contributed by atoms with Crippen LogP contribution in [0.15, 0.2) is 24.3 Å². The largest absolute Gasteiger partial charge is 0.368 e. The predicted octanol–water partition coefficient (Wildman–Crippen LogP) is 3.08. The Morgan fingerprint density at radius 2 is 2.04 bits per heavy atom. The summed E-state index contributed by atoms with van der Waals surface area (Å²) in [5.74, 6) is 0.436. The Labute approximate surface area is 160 Å². The van der Waals surface area contributed by atoms with Gasteiger partial charge < -0.3 is 20.4 Å². The third-order valence-electron chi connectivity index (χ3n) is 6.95. The molecule has 2 aromatic rings. The summed E-state index contributed by atoms with van der Waals surface area (Å²) in [6, 6.07) is 8.73. The Morgan fingerprint density at radius 3 is 2.85 bits per heavy atom. The molecule has 1 aromatic heterocycles. The van der Waals surface area contributed by atoms with Crippen LogP contribution in [0.1, 0.15) is 49.8 Å². The van der Waals surface area contributed by atoms with Crippen LogP contribution in [0.2, 0.25) is 0 Å². The van der Waals surface area contributed by atoms with Crippen molar-refractivity contribution in [1.82, 2.24) is 9.88 Å². The molecule has 144 valence electrons. The van der Waals surface area contributed by atoms with Crippen molar-refractivity contribution in [1.29, 1.82) is 0 Å². The van der Waals surface area contributed by atoms with Crippen LogP contribution in [0.5, 0.6) is 0 Å². The minimum absolute atomic E-state index is 0.124. The topological polar surface area (TPSA) is 71.3 Å². The average Bonchev–Trinajstić information content (AvgIpc) is 3.09. The Kier molecular flexibility index (Phi) is 4.25. The van der Waals surface area contributed by atoms with Crippen LogP contribution in [0.3, 0.4) is 0 Å². The van der Waals surface area contributed by atoms with Crippen LogP contribution in [-0.4, -0.2) is 41.5 Å². The molecular weight excluding hydrogens is 338 g/mol. The zero-order valence-corrected chi connectivity index (χ0v) is 15.9. The van der Waals surface area contributed by atoms with Gasteiger partial charge in [-0.1, -0.05) is 24.6 Å². The van der Waals surface area contributed by atoms with E-state index in [1.807, 2.05) is 0 Å². The first-order valence-electron chi connectivity index (χ1n) is 10.4. The molecule has 2 fully saturated rings. The highest BCUT2D eigenvalue weighted by Gasteiger charge is 2.44. The number of hydrogen-bond acceptors (Lipinski definition) is 3. The normalized spacial score (nSPS) is 27.7. The molecule has 1 saturated heterocycles. The van der Waals surface area contributed by atoms with E-state index in [0.29, 0.717) is 5.91 Å². The molecular formula is C22H29N3O2. The third kappa shape index (κ3) is 2.88. The SMILES string of the molecule is N[C@H]1CCC[C@@H](C(=O)N2CCC3(CC2)OCCc2c3[nH]c3ccccc23)C1. The second-order valence-corrected chi connectivity index (χ2v) is 8.57. The molecule has 1 aliphatic carbocycles. The van der Waals surface area contributed by atoms with Gasteiger partial charge in [-0.05, 0) is 50.2 Å². The quantitative estimate of drug-likeness (QED) is 0.814. The number of fused-ring (bicyclic) bond motifs is 4. The van der Waals surface area contributed by atoms with Crippen LogP contribution in [0, 0.1) is 5.92 Å². The van der Waals surface area contributed by atoms with Gasteiger partial charge in [-0.2, -0.15) is 0 Å². The number of hydrogen-bond donors (Lipinski definition) is 2. The summed E-state index contributed by atoms with van der Waals surface area (Å²) >= 11 is 0. The molecule has 27 heavy (non-hydrogen) atoms. The van der Waals surface area contributed by atoms with Gasteiger partial charge in [0.05, 0.1) is 12.3 Å². The van der Waals surface area contributed by atoms with E-state index in [0.717, 1.165) is 64.6 Å². The fourth-order valence-electron chi connectivity index (χ4n) is 5.46. The fraction of sp³-hybridized carbons (Fsp3) is 0.591. The van der Waals surface area contributed by atoms with Gasteiger partial charge in [0, 0.05) is 36.0 Å². The first kappa shape index (κ1) is 17.3. The molecule has 1 aromatic carbocycles. The predicted molar refractivity (Wildman–Crippen MR) is 105 cm³/mol. The minimum Gasteiger partial charge on any atom is -0.368 e. The fourth-order valence-corrected chi connectivity index (χ4v) is 5.46. The van der Waals surface area contributed by atoms with Crippen molar-refractivity contribution in [3.63, 3.8) is 0 Å². The number of benzene rings is 1. The maximum absolute atomic E-state index is 13.0. The van der Waals surface area contributed by atoms with Crippen LogP contribution >= 0.6 is 0 Å². The van der Waals surface area contributed by atoms with Crippen molar-refractivity contribution in [2.75, 3.05) is 19.7 Å². The van der Waals surface area contributed by atoms with E-state index in [9.17, 15) is 4.79 Å². The van der Waals surface area contributed by atoms with Gasteiger partial charge in [0.2, 0.25) is 5.91 Å². The van der Waals surface area contributed by atoms with Gasteiger partial charge in [-0.25, -0.2) is 0 Å². The highest BCUT2D eigenvalue weighted by atomic mass is 16.5. The number of aromatic amines is 1. The van der Waals surface area contributed by atoms with E-state index < -0.39 is 0 Å². The van der Waals surface area contributed by atoms with Crippen molar-refractivity contribution in [3.8, 4) is 0 Å².